The van der Waals surface area contributed by atoms with Crippen molar-refractivity contribution in [2.75, 3.05) is 24.6 Å². The molecule has 2 aromatic carbocycles. The van der Waals surface area contributed by atoms with Crippen molar-refractivity contribution in [3.8, 4) is 17.2 Å². The molecule has 8 nitrogen and oxygen atoms in total. The molecule has 0 spiro atoms. The van der Waals surface area contributed by atoms with Gasteiger partial charge in [0.1, 0.15) is 35.3 Å². The Labute approximate surface area is 206 Å². The molecule has 4 aromatic rings. The van der Waals surface area contributed by atoms with Gasteiger partial charge in [0, 0.05) is 37.0 Å². The molecule has 0 amide bonds. The van der Waals surface area contributed by atoms with Crippen molar-refractivity contribution in [1.29, 1.82) is 0 Å². The maximum absolute atomic E-state index is 14.0. The number of ether oxygens (including phenoxy) is 2. The maximum Gasteiger partial charge on any atom is 0.350 e. The number of pyridine rings is 1. The third-order valence-electron chi connectivity index (χ3n) is 6.11. The minimum Gasteiger partial charge on any atom is -0.457 e. The topological polar surface area (TPSA) is 74.4 Å². The molecule has 0 bridgehead atoms. The summed E-state index contributed by atoms with van der Waals surface area (Å²) in [5.74, 6) is 0.697. The Balaban J connectivity index is 1.30. The molecule has 1 aliphatic rings. The first-order chi connectivity index (χ1) is 17.4. The van der Waals surface area contributed by atoms with E-state index in [1.165, 1.54) is 12.4 Å². The molecule has 1 fully saturated rings. The van der Waals surface area contributed by atoms with Crippen molar-refractivity contribution in [2.24, 2.45) is 0 Å². The highest BCUT2D eigenvalue weighted by Gasteiger charge is 2.29. The minimum atomic E-state index is -0.714. The standard InChI is InChI=1S/C26H25F2N5O3/c1-3-35-20-13-31(14-20)25-17(2)24(11-12-29-25)36-19-9-7-18(8-10-19)33-26(34)32(16-30-33)15-21-22(27)5-4-6-23(21)28/h4-12,16,20H,3,13-15H2,1-2H3. The Morgan fingerprint density at radius 1 is 1.06 bits per heavy atom. The molecular formula is C26H25F2N5O3. The molecule has 1 saturated heterocycles. The van der Waals surface area contributed by atoms with E-state index in [4.69, 9.17) is 9.47 Å². The predicted molar refractivity (Wildman–Crippen MR) is 130 cm³/mol. The van der Waals surface area contributed by atoms with Crippen molar-refractivity contribution in [3.63, 3.8) is 0 Å². The highest BCUT2D eigenvalue weighted by molar-refractivity contribution is 5.55. The number of nitrogens with zero attached hydrogens (tertiary/aromatic N) is 5. The number of benzene rings is 2. The minimum absolute atomic E-state index is 0.193. The Morgan fingerprint density at radius 2 is 1.78 bits per heavy atom. The van der Waals surface area contributed by atoms with Gasteiger partial charge in [0.15, 0.2) is 0 Å². The summed E-state index contributed by atoms with van der Waals surface area (Å²) in [4.78, 5) is 19.4. The number of aromatic nitrogens is 4. The lowest BCUT2D eigenvalue weighted by atomic mass is 10.1. The molecular weight excluding hydrogens is 468 g/mol. The average molecular weight is 494 g/mol. The zero-order valence-corrected chi connectivity index (χ0v) is 19.9. The molecule has 10 heteroatoms. The van der Waals surface area contributed by atoms with Crippen LogP contribution >= 0.6 is 0 Å². The van der Waals surface area contributed by atoms with E-state index in [2.05, 4.69) is 15.0 Å². The highest BCUT2D eigenvalue weighted by atomic mass is 19.1. The molecule has 3 heterocycles. The zero-order valence-electron chi connectivity index (χ0n) is 19.9. The summed E-state index contributed by atoms with van der Waals surface area (Å²) in [6.07, 6.45) is 3.20. The molecule has 0 radical (unpaired) electrons. The molecule has 0 saturated carbocycles. The van der Waals surface area contributed by atoms with Gasteiger partial charge in [-0.05, 0) is 56.3 Å². The second-order valence-corrected chi connectivity index (χ2v) is 8.49. The summed E-state index contributed by atoms with van der Waals surface area (Å²) in [5, 5.41) is 4.09. The van der Waals surface area contributed by atoms with Crippen LogP contribution in [-0.2, 0) is 11.3 Å². The number of anilines is 1. The maximum atomic E-state index is 14.0. The van der Waals surface area contributed by atoms with Gasteiger partial charge in [-0.15, -0.1) is 0 Å². The number of hydrogen-bond donors (Lipinski definition) is 0. The highest BCUT2D eigenvalue weighted by Crippen LogP contribution is 2.32. The SMILES string of the molecule is CCOC1CN(c2nccc(Oc3ccc(-n4ncn(Cc5c(F)cccc5F)c4=O)cc3)c2C)C1. The van der Waals surface area contributed by atoms with Crippen LogP contribution in [-0.4, -0.2) is 45.1 Å². The smallest absolute Gasteiger partial charge is 0.350 e. The van der Waals surface area contributed by atoms with Crippen molar-refractivity contribution in [1.82, 2.24) is 19.3 Å². The molecule has 0 N–H and O–H groups in total. The fourth-order valence-electron chi connectivity index (χ4n) is 4.15. The Hall–Kier alpha value is -4.05. The van der Waals surface area contributed by atoms with E-state index < -0.39 is 17.3 Å². The van der Waals surface area contributed by atoms with Gasteiger partial charge >= 0.3 is 5.69 Å². The fourth-order valence-corrected chi connectivity index (χ4v) is 4.15. The lowest BCUT2D eigenvalue weighted by molar-refractivity contribution is 0.0426. The van der Waals surface area contributed by atoms with Crippen molar-refractivity contribution < 1.29 is 18.3 Å². The first-order valence-corrected chi connectivity index (χ1v) is 11.6. The van der Waals surface area contributed by atoms with E-state index >= 15 is 0 Å². The third kappa shape index (κ3) is 4.59. The van der Waals surface area contributed by atoms with Gasteiger partial charge in [0.05, 0.1) is 18.3 Å². The van der Waals surface area contributed by atoms with Crippen LogP contribution in [0.4, 0.5) is 14.6 Å². The van der Waals surface area contributed by atoms with E-state index in [1.807, 2.05) is 13.8 Å². The summed E-state index contributed by atoms with van der Waals surface area (Å²) < 4.78 is 42.0. The fraction of sp³-hybridized carbons (Fsp3) is 0.269. The van der Waals surface area contributed by atoms with Gasteiger partial charge in [-0.3, -0.25) is 4.57 Å². The summed E-state index contributed by atoms with van der Waals surface area (Å²) in [5.41, 5.74) is 0.712. The van der Waals surface area contributed by atoms with E-state index in [-0.39, 0.29) is 18.2 Å². The summed E-state index contributed by atoms with van der Waals surface area (Å²) >= 11 is 0. The van der Waals surface area contributed by atoms with Crippen LogP contribution in [0.1, 0.15) is 18.1 Å². The van der Waals surface area contributed by atoms with Gasteiger partial charge in [0.2, 0.25) is 0 Å². The van der Waals surface area contributed by atoms with E-state index in [1.54, 1.807) is 36.5 Å². The van der Waals surface area contributed by atoms with E-state index in [9.17, 15) is 13.6 Å². The quantitative estimate of drug-likeness (QED) is 0.368. The molecule has 0 atom stereocenters. The second kappa shape index (κ2) is 9.90. The van der Waals surface area contributed by atoms with Crippen LogP contribution in [0.3, 0.4) is 0 Å². The van der Waals surface area contributed by atoms with Crippen LogP contribution in [0.25, 0.3) is 5.69 Å². The first kappa shape index (κ1) is 23.7. The van der Waals surface area contributed by atoms with Crippen molar-refractivity contribution >= 4 is 5.82 Å². The van der Waals surface area contributed by atoms with Gasteiger partial charge in [0.25, 0.3) is 0 Å². The monoisotopic (exact) mass is 493 g/mol. The Kier molecular flexibility index (Phi) is 6.51. The molecule has 2 aromatic heterocycles. The molecule has 186 valence electrons. The molecule has 0 aliphatic carbocycles. The predicted octanol–water partition coefficient (Wildman–Crippen LogP) is 4.08. The number of rotatable bonds is 8. The summed E-state index contributed by atoms with van der Waals surface area (Å²) in [6.45, 7) is 5.98. The molecule has 0 unspecified atom stereocenters. The summed E-state index contributed by atoms with van der Waals surface area (Å²) in [7, 11) is 0. The Bertz CT molecular complexity index is 1410. The van der Waals surface area contributed by atoms with Crippen LogP contribution in [0.5, 0.6) is 11.5 Å². The van der Waals surface area contributed by atoms with Crippen molar-refractivity contribution in [3.05, 3.63) is 94.3 Å². The first-order valence-electron chi connectivity index (χ1n) is 11.6. The summed E-state index contributed by atoms with van der Waals surface area (Å²) in [6, 6.07) is 12.2. The van der Waals surface area contributed by atoms with E-state index in [0.29, 0.717) is 23.8 Å². The average Bonchev–Trinajstić information content (AvgIpc) is 3.21. The van der Waals surface area contributed by atoms with Crippen LogP contribution in [0, 0.1) is 18.6 Å². The lowest BCUT2D eigenvalue weighted by Gasteiger charge is -2.40. The van der Waals surface area contributed by atoms with Crippen LogP contribution < -0.4 is 15.3 Å². The molecule has 5 rings (SSSR count). The van der Waals surface area contributed by atoms with E-state index in [0.717, 1.165) is 45.9 Å². The largest absolute Gasteiger partial charge is 0.457 e. The lowest BCUT2D eigenvalue weighted by Crippen LogP contribution is -2.53. The second-order valence-electron chi connectivity index (χ2n) is 8.49. The number of halogens is 2. The van der Waals surface area contributed by atoms with Gasteiger partial charge in [-0.2, -0.15) is 9.78 Å². The molecule has 1 aliphatic heterocycles. The van der Waals surface area contributed by atoms with Crippen LogP contribution in [0.2, 0.25) is 0 Å². The molecule has 36 heavy (non-hydrogen) atoms. The van der Waals surface area contributed by atoms with Gasteiger partial charge in [-0.1, -0.05) is 6.07 Å². The van der Waals surface area contributed by atoms with Gasteiger partial charge in [-0.25, -0.2) is 18.6 Å². The van der Waals surface area contributed by atoms with Gasteiger partial charge < -0.3 is 14.4 Å². The normalized spacial score (nSPS) is 13.6. The Morgan fingerprint density at radius 3 is 2.47 bits per heavy atom. The van der Waals surface area contributed by atoms with Crippen molar-refractivity contribution in [2.45, 2.75) is 26.5 Å². The number of hydrogen-bond acceptors (Lipinski definition) is 6. The zero-order chi connectivity index (χ0) is 25.2. The third-order valence-corrected chi connectivity index (χ3v) is 6.11. The van der Waals surface area contributed by atoms with Crippen LogP contribution in [0.15, 0.2) is 65.8 Å².